The summed E-state index contributed by atoms with van der Waals surface area (Å²) in [6, 6.07) is 15.1. The van der Waals surface area contributed by atoms with Crippen LogP contribution in [0, 0.1) is 0 Å². The third-order valence-electron chi connectivity index (χ3n) is 5.09. The monoisotopic (exact) mass is 445 g/mol. The molecule has 2 aromatic rings. The first-order valence-corrected chi connectivity index (χ1v) is 10.1. The van der Waals surface area contributed by atoms with Crippen LogP contribution in [-0.2, 0) is 4.79 Å². The maximum atomic E-state index is 12.7. The number of carbonyl (C=O) groups excluding carboxylic acids is 1. The van der Waals surface area contributed by atoms with Crippen molar-refractivity contribution in [2.75, 3.05) is 13.1 Å². The average molecular weight is 446 g/mol. The number of rotatable bonds is 5. The third-order valence-corrected chi connectivity index (χ3v) is 5.62. The molecule has 148 valence electrons. The second-order valence-electron chi connectivity index (χ2n) is 7.56. The van der Waals surface area contributed by atoms with Gasteiger partial charge in [0.05, 0.1) is 0 Å². The highest BCUT2D eigenvalue weighted by Gasteiger charge is 2.30. The summed E-state index contributed by atoms with van der Waals surface area (Å²) < 4.78 is 6.61. The van der Waals surface area contributed by atoms with Gasteiger partial charge in [-0.25, -0.2) is 4.79 Å². The number of hydrogen-bond acceptors (Lipinski definition) is 3. The number of aliphatic carboxylic acids is 1. The zero-order chi connectivity index (χ0) is 20.3. The molecular formula is C22H24BrNO4. The lowest BCUT2D eigenvalue weighted by molar-refractivity contribution is -0.152. The molecule has 1 fully saturated rings. The quantitative estimate of drug-likeness (QED) is 0.723. The fourth-order valence-corrected chi connectivity index (χ4v) is 3.63. The van der Waals surface area contributed by atoms with Gasteiger partial charge in [0, 0.05) is 23.1 Å². The highest BCUT2D eigenvalue weighted by atomic mass is 79.9. The Labute approximate surface area is 173 Å². The molecular weight excluding hydrogens is 422 g/mol. The number of carbonyl (C=O) groups is 2. The first-order chi connectivity index (χ1) is 13.3. The summed E-state index contributed by atoms with van der Waals surface area (Å²) in [5.41, 5.74) is 0.543. The van der Waals surface area contributed by atoms with Gasteiger partial charge in [-0.3, -0.25) is 4.79 Å². The maximum Gasteiger partial charge on any atom is 0.347 e. The highest BCUT2D eigenvalue weighted by molar-refractivity contribution is 9.10. The number of halogens is 1. The number of piperidine rings is 1. The van der Waals surface area contributed by atoms with Crippen LogP contribution in [0.5, 0.6) is 5.75 Å². The van der Waals surface area contributed by atoms with Gasteiger partial charge in [-0.2, -0.15) is 0 Å². The van der Waals surface area contributed by atoms with Crippen molar-refractivity contribution < 1.29 is 19.4 Å². The van der Waals surface area contributed by atoms with Crippen LogP contribution in [-0.4, -0.2) is 40.6 Å². The van der Waals surface area contributed by atoms with E-state index in [1.54, 1.807) is 6.07 Å². The Morgan fingerprint density at radius 1 is 1.11 bits per heavy atom. The molecule has 0 unspecified atom stereocenters. The molecule has 0 spiro atoms. The zero-order valence-electron chi connectivity index (χ0n) is 16.0. The fraction of sp³-hybridized carbons (Fsp3) is 0.364. The van der Waals surface area contributed by atoms with Crippen molar-refractivity contribution in [1.82, 2.24) is 4.90 Å². The van der Waals surface area contributed by atoms with Gasteiger partial charge in [0.2, 0.25) is 0 Å². The minimum atomic E-state index is -1.28. The largest absolute Gasteiger partial charge is 0.478 e. The van der Waals surface area contributed by atoms with Crippen LogP contribution in [0.2, 0.25) is 0 Å². The van der Waals surface area contributed by atoms with Gasteiger partial charge in [0.25, 0.3) is 5.91 Å². The van der Waals surface area contributed by atoms with Gasteiger partial charge >= 0.3 is 5.97 Å². The summed E-state index contributed by atoms with van der Waals surface area (Å²) in [5, 5.41) is 9.25. The predicted octanol–water partition coefficient (Wildman–Crippen LogP) is 4.71. The van der Waals surface area contributed by atoms with E-state index in [1.165, 1.54) is 13.8 Å². The van der Waals surface area contributed by atoms with Gasteiger partial charge in [-0.15, -0.1) is 0 Å². The predicted molar refractivity (Wildman–Crippen MR) is 111 cm³/mol. The Balaban J connectivity index is 1.63. The van der Waals surface area contributed by atoms with Crippen molar-refractivity contribution in [1.29, 1.82) is 0 Å². The minimum Gasteiger partial charge on any atom is -0.478 e. The summed E-state index contributed by atoms with van der Waals surface area (Å²) >= 11 is 3.39. The first kappa shape index (κ1) is 20.4. The van der Waals surface area contributed by atoms with Crippen molar-refractivity contribution in [2.45, 2.75) is 38.2 Å². The smallest absolute Gasteiger partial charge is 0.347 e. The second-order valence-corrected chi connectivity index (χ2v) is 8.48. The molecule has 0 aliphatic carbocycles. The van der Waals surface area contributed by atoms with Gasteiger partial charge in [-0.1, -0.05) is 28.1 Å². The molecule has 0 aromatic heterocycles. The summed E-state index contributed by atoms with van der Waals surface area (Å²) in [6.45, 7) is 4.47. The van der Waals surface area contributed by atoms with Crippen LogP contribution < -0.4 is 4.74 Å². The van der Waals surface area contributed by atoms with Crippen molar-refractivity contribution in [2.24, 2.45) is 0 Å². The molecule has 3 rings (SSSR count). The number of carboxylic acid groups (broad SMARTS) is 1. The van der Waals surface area contributed by atoms with E-state index in [4.69, 9.17) is 4.74 Å². The van der Waals surface area contributed by atoms with E-state index in [0.29, 0.717) is 30.3 Å². The van der Waals surface area contributed by atoms with Gasteiger partial charge in [-0.05, 0) is 74.6 Å². The van der Waals surface area contributed by atoms with Crippen molar-refractivity contribution in [3.63, 3.8) is 0 Å². The van der Waals surface area contributed by atoms with Crippen LogP contribution in [0.4, 0.5) is 0 Å². The lowest BCUT2D eigenvalue weighted by atomic mass is 9.89. The van der Waals surface area contributed by atoms with Gasteiger partial charge in [0.1, 0.15) is 5.75 Å². The Hall–Kier alpha value is -2.34. The lowest BCUT2D eigenvalue weighted by Crippen LogP contribution is -2.38. The number of nitrogens with zero attached hydrogens (tertiary/aromatic N) is 1. The number of benzene rings is 2. The van der Waals surface area contributed by atoms with E-state index in [2.05, 4.69) is 15.9 Å². The van der Waals surface area contributed by atoms with E-state index in [9.17, 15) is 14.7 Å². The fourth-order valence-electron chi connectivity index (χ4n) is 3.36. The SMILES string of the molecule is CC(C)(Oc1cccc(C2CCN(C(=O)c3ccc(Br)cc3)CC2)c1)C(=O)O. The molecule has 0 saturated carbocycles. The van der Waals surface area contributed by atoms with E-state index >= 15 is 0 Å². The molecule has 2 aromatic carbocycles. The normalized spacial score (nSPS) is 15.3. The zero-order valence-corrected chi connectivity index (χ0v) is 17.6. The first-order valence-electron chi connectivity index (χ1n) is 9.33. The lowest BCUT2D eigenvalue weighted by Gasteiger charge is -2.32. The van der Waals surface area contributed by atoms with Crippen molar-refractivity contribution in [3.05, 3.63) is 64.1 Å². The Bertz CT molecular complexity index is 855. The standard InChI is InChI=1S/C22H24BrNO4/c1-22(2,21(26)27)28-19-5-3-4-17(14-19)15-10-12-24(13-11-15)20(25)16-6-8-18(23)9-7-16/h3-9,14-15H,10-13H2,1-2H3,(H,26,27). The van der Waals surface area contributed by atoms with E-state index in [0.717, 1.165) is 22.9 Å². The molecule has 6 heteroatoms. The number of carboxylic acids is 1. The average Bonchev–Trinajstić information content (AvgIpc) is 2.68. The highest BCUT2D eigenvalue weighted by Crippen LogP contribution is 2.31. The second kappa shape index (κ2) is 8.35. The number of likely N-dealkylation sites (tertiary alicyclic amines) is 1. The molecule has 1 aliphatic rings. The minimum absolute atomic E-state index is 0.0613. The van der Waals surface area contributed by atoms with E-state index in [-0.39, 0.29) is 5.91 Å². The van der Waals surface area contributed by atoms with Crippen LogP contribution in [0.3, 0.4) is 0 Å². The Morgan fingerprint density at radius 3 is 2.36 bits per heavy atom. The maximum absolute atomic E-state index is 12.7. The van der Waals surface area contributed by atoms with Crippen LogP contribution in [0.15, 0.2) is 53.0 Å². The molecule has 0 radical (unpaired) electrons. The molecule has 1 heterocycles. The van der Waals surface area contributed by atoms with E-state index < -0.39 is 11.6 Å². The third kappa shape index (κ3) is 4.73. The number of hydrogen-bond donors (Lipinski definition) is 1. The molecule has 5 nitrogen and oxygen atoms in total. The van der Waals surface area contributed by atoms with E-state index in [1.807, 2.05) is 47.4 Å². The number of amides is 1. The van der Waals surface area contributed by atoms with Gasteiger partial charge in [0.15, 0.2) is 5.60 Å². The Kier molecular flexibility index (Phi) is 6.08. The Morgan fingerprint density at radius 2 is 1.75 bits per heavy atom. The van der Waals surface area contributed by atoms with Crippen LogP contribution >= 0.6 is 15.9 Å². The molecule has 1 N–H and O–H groups in total. The molecule has 0 bridgehead atoms. The molecule has 1 saturated heterocycles. The summed E-state index contributed by atoms with van der Waals surface area (Å²) in [4.78, 5) is 25.8. The van der Waals surface area contributed by atoms with Crippen molar-refractivity contribution in [3.8, 4) is 5.75 Å². The van der Waals surface area contributed by atoms with Crippen LogP contribution in [0.1, 0.15) is 48.5 Å². The topological polar surface area (TPSA) is 66.8 Å². The molecule has 0 atom stereocenters. The summed E-state index contributed by atoms with van der Waals surface area (Å²) in [5.74, 6) is -0.0624. The van der Waals surface area contributed by atoms with Crippen LogP contribution in [0.25, 0.3) is 0 Å². The molecule has 28 heavy (non-hydrogen) atoms. The number of ether oxygens (including phenoxy) is 1. The summed E-state index contributed by atoms with van der Waals surface area (Å²) in [7, 11) is 0. The molecule has 1 aliphatic heterocycles. The summed E-state index contributed by atoms with van der Waals surface area (Å²) in [6.07, 6.45) is 1.74. The van der Waals surface area contributed by atoms with Crippen molar-refractivity contribution >= 4 is 27.8 Å². The molecule has 1 amide bonds. The van der Waals surface area contributed by atoms with Gasteiger partial charge < -0.3 is 14.7 Å².